The molecule has 7 nitrogen and oxygen atoms in total. The molecule has 2 aromatic rings. The Morgan fingerprint density at radius 3 is 2.69 bits per heavy atom. The minimum Gasteiger partial charge on any atom is -0.337 e. The molecule has 0 saturated carbocycles. The van der Waals surface area contributed by atoms with E-state index in [2.05, 4.69) is 10.1 Å². The number of halogens is 2. The minimum absolute atomic E-state index is 0.102. The Balaban J connectivity index is 1.81. The molecule has 1 unspecified atom stereocenters. The van der Waals surface area contributed by atoms with Crippen molar-refractivity contribution in [2.75, 3.05) is 19.6 Å². The number of hydrogen-bond donors (Lipinski definition) is 0. The fraction of sp³-hybridized carbons (Fsp3) is 0.412. The van der Waals surface area contributed by atoms with E-state index in [0.717, 1.165) is 0 Å². The van der Waals surface area contributed by atoms with Crippen LogP contribution in [0, 0.1) is 12.7 Å². The number of nitrogens with zero attached hydrogens (tertiary/aromatic N) is 4. The predicted molar refractivity (Wildman–Crippen MR) is 91.1 cm³/mol. The highest BCUT2D eigenvalue weighted by atomic mass is 35.5. The van der Waals surface area contributed by atoms with Gasteiger partial charge in [-0.2, -0.15) is 4.98 Å². The first-order valence-corrected chi connectivity index (χ1v) is 8.56. The molecule has 26 heavy (non-hydrogen) atoms. The number of benzene rings is 1. The van der Waals surface area contributed by atoms with Gasteiger partial charge in [0.2, 0.25) is 11.8 Å². The normalized spacial score (nSPS) is 17.9. The predicted octanol–water partition coefficient (Wildman–Crippen LogP) is 2.61. The molecule has 0 bridgehead atoms. The molecule has 1 aromatic heterocycles. The van der Waals surface area contributed by atoms with E-state index in [1.54, 1.807) is 16.7 Å². The molecule has 1 aliphatic heterocycles. The third-order valence-corrected chi connectivity index (χ3v) is 4.64. The quantitative estimate of drug-likeness (QED) is 0.800. The van der Waals surface area contributed by atoms with Crippen molar-refractivity contribution in [2.45, 2.75) is 26.3 Å². The third-order valence-electron chi connectivity index (χ3n) is 4.35. The SMILES string of the molecule is CC(=O)N1CCN(C(=O)c2ccc(F)c(Cl)c2)CCC1c1nc(C)no1. The van der Waals surface area contributed by atoms with Crippen LogP contribution in [0.15, 0.2) is 22.7 Å². The number of aryl methyl sites for hydroxylation is 1. The Labute approximate surface area is 154 Å². The lowest BCUT2D eigenvalue weighted by Crippen LogP contribution is -2.37. The third kappa shape index (κ3) is 3.70. The van der Waals surface area contributed by atoms with Gasteiger partial charge in [0.05, 0.1) is 5.02 Å². The van der Waals surface area contributed by atoms with E-state index < -0.39 is 5.82 Å². The lowest BCUT2D eigenvalue weighted by atomic mass is 10.1. The van der Waals surface area contributed by atoms with Gasteiger partial charge in [-0.3, -0.25) is 9.59 Å². The first-order chi connectivity index (χ1) is 12.4. The van der Waals surface area contributed by atoms with Crippen LogP contribution >= 0.6 is 11.6 Å². The number of carbonyl (C=O) groups is 2. The van der Waals surface area contributed by atoms with Crippen LogP contribution in [0.4, 0.5) is 4.39 Å². The van der Waals surface area contributed by atoms with Gasteiger partial charge in [-0.15, -0.1) is 0 Å². The molecule has 138 valence electrons. The smallest absolute Gasteiger partial charge is 0.253 e. The Bertz CT molecular complexity index is 841. The molecule has 9 heteroatoms. The molecule has 1 aromatic carbocycles. The van der Waals surface area contributed by atoms with Crippen LogP contribution in [-0.4, -0.2) is 51.4 Å². The second-order valence-electron chi connectivity index (χ2n) is 6.12. The number of hydrogen-bond acceptors (Lipinski definition) is 5. The number of carbonyl (C=O) groups excluding carboxylic acids is 2. The molecule has 3 rings (SSSR count). The highest BCUT2D eigenvalue weighted by Crippen LogP contribution is 2.27. The van der Waals surface area contributed by atoms with Crippen molar-refractivity contribution >= 4 is 23.4 Å². The van der Waals surface area contributed by atoms with Gasteiger partial charge in [-0.05, 0) is 31.5 Å². The van der Waals surface area contributed by atoms with Gasteiger partial charge in [-0.25, -0.2) is 4.39 Å². The maximum atomic E-state index is 13.3. The molecule has 0 aliphatic carbocycles. The monoisotopic (exact) mass is 380 g/mol. The summed E-state index contributed by atoms with van der Waals surface area (Å²) < 4.78 is 18.6. The van der Waals surface area contributed by atoms with E-state index >= 15 is 0 Å². The van der Waals surface area contributed by atoms with Gasteiger partial charge in [0.1, 0.15) is 11.9 Å². The highest BCUT2D eigenvalue weighted by Gasteiger charge is 2.32. The van der Waals surface area contributed by atoms with Crippen LogP contribution in [0.5, 0.6) is 0 Å². The number of aromatic nitrogens is 2. The molecule has 0 spiro atoms. The molecule has 1 atom stereocenters. The average molecular weight is 381 g/mol. The van der Waals surface area contributed by atoms with Gasteiger partial charge in [0.15, 0.2) is 5.82 Å². The first kappa shape index (κ1) is 18.3. The van der Waals surface area contributed by atoms with E-state index in [-0.39, 0.29) is 22.9 Å². The molecule has 1 saturated heterocycles. The number of amides is 2. The standard InChI is InChI=1S/C17H18ClFN4O3/c1-10-20-16(26-21-10)15-5-6-22(7-8-23(15)11(2)24)17(25)12-3-4-14(19)13(18)9-12/h3-4,9,15H,5-8H2,1-2H3. The van der Waals surface area contributed by atoms with E-state index in [0.29, 0.717) is 43.3 Å². The Morgan fingerprint density at radius 2 is 2.08 bits per heavy atom. The van der Waals surface area contributed by atoms with Crippen LogP contribution in [0.2, 0.25) is 5.02 Å². The molecular formula is C17H18ClFN4O3. The average Bonchev–Trinajstić information content (AvgIpc) is 2.90. The van der Waals surface area contributed by atoms with Gasteiger partial charge in [0, 0.05) is 32.1 Å². The van der Waals surface area contributed by atoms with Crippen molar-refractivity contribution in [1.82, 2.24) is 19.9 Å². The van der Waals surface area contributed by atoms with E-state index in [1.807, 2.05) is 0 Å². The van der Waals surface area contributed by atoms with E-state index in [4.69, 9.17) is 16.1 Å². The maximum Gasteiger partial charge on any atom is 0.253 e. The molecule has 0 N–H and O–H groups in total. The fourth-order valence-electron chi connectivity index (χ4n) is 3.03. The van der Waals surface area contributed by atoms with Gasteiger partial charge in [-0.1, -0.05) is 16.8 Å². The van der Waals surface area contributed by atoms with Gasteiger partial charge >= 0.3 is 0 Å². The van der Waals surface area contributed by atoms with E-state index in [9.17, 15) is 14.0 Å². The van der Waals surface area contributed by atoms with Crippen LogP contribution in [0.25, 0.3) is 0 Å². The summed E-state index contributed by atoms with van der Waals surface area (Å²) in [6, 6.07) is 3.49. The molecular weight excluding hydrogens is 363 g/mol. The molecule has 1 aliphatic rings. The van der Waals surface area contributed by atoms with Crippen molar-refractivity contribution in [3.63, 3.8) is 0 Å². The summed E-state index contributed by atoms with van der Waals surface area (Å²) >= 11 is 5.77. The molecule has 0 radical (unpaired) electrons. The van der Waals surface area contributed by atoms with Crippen molar-refractivity contribution < 1.29 is 18.5 Å². The first-order valence-electron chi connectivity index (χ1n) is 8.18. The maximum absolute atomic E-state index is 13.3. The topological polar surface area (TPSA) is 79.5 Å². The molecule has 2 heterocycles. The van der Waals surface area contributed by atoms with Gasteiger partial charge in [0.25, 0.3) is 5.91 Å². The minimum atomic E-state index is -0.575. The Kier molecular flexibility index (Phi) is 5.22. The molecule has 2 amide bonds. The van der Waals surface area contributed by atoms with Crippen LogP contribution in [0.1, 0.15) is 41.5 Å². The molecule has 1 fully saturated rings. The van der Waals surface area contributed by atoms with E-state index in [1.165, 1.54) is 25.1 Å². The van der Waals surface area contributed by atoms with Crippen LogP contribution < -0.4 is 0 Å². The summed E-state index contributed by atoms with van der Waals surface area (Å²) in [5, 5.41) is 3.68. The van der Waals surface area contributed by atoms with Crippen molar-refractivity contribution in [3.8, 4) is 0 Å². The summed E-state index contributed by atoms with van der Waals surface area (Å²) in [6.45, 7) is 4.24. The fourth-order valence-corrected chi connectivity index (χ4v) is 3.21. The van der Waals surface area contributed by atoms with Crippen molar-refractivity contribution in [1.29, 1.82) is 0 Å². The summed E-state index contributed by atoms with van der Waals surface area (Å²) in [6.07, 6.45) is 0.460. The summed E-state index contributed by atoms with van der Waals surface area (Å²) in [4.78, 5) is 32.2. The summed E-state index contributed by atoms with van der Waals surface area (Å²) in [7, 11) is 0. The largest absolute Gasteiger partial charge is 0.337 e. The van der Waals surface area contributed by atoms with Crippen LogP contribution in [0.3, 0.4) is 0 Å². The lowest BCUT2D eigenvalue weighted by molar-refractivity contribution is -0.131. The Morgan fingerprint density at radius 1 is 1.31 bits per heavy atom. The highest BCUT2D eigenvalue weighted by molar-refractivity contribution is 6.31. The summed E-state index contributed by atoms with van der Waals surface area (Å²) in [5.41, 5.74) is 0.304. The lowest BCUT2D eigenvalue weighted by Gasteiger charge is -2.25. The van der Waals surface area contributed by atoms with Crippen molar-refractivity contribution in [2.24, 2.45) is 0 Å². The second kappa shape index (κ2) is 7.41. The zero-order valence-electron chi connectivity index (χ0n) is 14.4. The number of rotatable bonds is 2. The van der Waals surface area contributed by atoms with Crippen molar-refractivity contribution in [3.05, 3.63) is 46.3 Å². The summed E-state index contributed by atoms with van der Waals surface area (Å²) in [5.74, 6) is -0.130. The van der Waals surface area contributed by atoms with Crippen LogP contribution in [-0.2, 0) is 4.79 Å². The zero-order chi connectivity index (χ0) is 18.8. The Hall–Kier alpha value is -2.48. The second-order valence-corrected chi connectivity index (χ2v) is 6.53. The van der Waals surface area contributed by atoms with Gasteiger partial charge < -0.3 is 14.3 Å². The zero-order valence-corrected chi connectivity index (χ0v) is 15.2.